The highest BCUT2D eigenvalue weighted by Crippen LogP contribution is 2.41. The molecule has 2 saturated heterocycles. The second-order valence-corrected chi connectivity index (χ2v) is 10.2. The highest BCUT2D eigenvalue weighted by Gasteiger charge is 2.46. The summed E-state index contributed by atoms with van der Waals surface area (Å²) in [6.45, 7) is 4.55. The van der Waals surface area contributed by atoms with E-state index in [-0.39, 0.29) is 11.1 Å². The van der Waals surface area contributed by atoms with E-state index in [0.717, 1.165) is 75.3 Å². The van der Waals surface area contributed by atoms with Crippen molar-refractivity contribution < 1.29 is 9.13 Å². The first-order valence-corrected chi connectivity index (χ1v) is 12.1. The van der Waals surface area contributed by atoms with Crippen LogP contribution in [0.4, 0.5) is 10.1 Å². The Morgan fingerprint density at radius 1 is 1.18 bits per heavy atom. The van der Waals surface area contributed by atoms with Gasteiger partial charge < -0.3 is 15.4 Å². The second-order valence-electron chi connectivity index (χ2n) is 10.2. The number of piperidine rings is 2. The third kappa shape index (κ3) is 4.50. The number of methoxy groups -OCH3 is 1. The first-order chi connectivity index (χ1) is 16.0. The lowest BCUT2D eigenvalue weighted by molar-refractivity contribution is 0.139. The van der Waals surface area contributed by atoms with Gasteiger partial charge in [-0.3, -0.25) is 4.90 Å². The van der Waals surface area contributed by atoms with Crippen molar-refractivity contribution in [2.45, 2.75) is 50.2 Å². The zero-order chi connectivity index (χ0) is 23.0. The minimum Gasteiger partial charge on any atom is -0.384 e. The zero-order valence-electron chi connectivity index (χ0n) is 19.4. The molecule has 2 bridgehead atoms. The summed E-state index contributed by atoms with van der Waals surface area (Å²) in [5.41, 5.74) is 10.8. The smallest absolute Gasteiger partial charge is 0.141 e. The molecule has 1 saturated carbocycles. The monoisotopic (exact) mass is 448 g/mol. The van der Waals surface area contributed by atoms with Crippen LogP contribution in [-0.2, 0) is 11.3 Å². The van der Waals surface area contributed by atoms with Crippen LogP contribution < -0.4 is 10.6 Å². The quantitative estimate of drug-likeness (QED) is 0.714. The molecule has 6 heteroatoms. The molecule has 2 aromatic rings. The Bertz CT molecular complexity index is 1060. The van der Waals surface area contributed by atoms with E-state index >= 15 is 0 Å². The molecule has 1 aliphatic carbocycles. The number of nitrogens with zero attached hydrogens (tertiary/aromatic N) is 3. The molecule has 5 nitrogen and oxygen atoms in total. The van der Waals surface area contributed by atoms with Crippen LogP contribution in [0.15, 0.2) is 36.4 Å². The number of anilines is 1. The predicted molar refractivity (Wildman–Crippen MR) is 128 cm³/mol. The summed E-state index contributed by atoms with van der Waals surface area (Å²) in [6, 6.07) is 14.1. The lowest BCUT2D eigenvalue weighted by Crippen LogP contribution is -2.44. The van der Waals surface area contributed by atoms with Crippen LogP contribution in [0.5, 0.6) is 0 Å². The van der Waals surface area contributed by atoms with Crippen LogP contribution in [0.25, 0.3) is 11.1 Å². The molecule has 2 N–H and O–H groups in total. The van der Waals surface area contributed by atoms with E-state index in [9.17, 15) is 4.39 Å². The van der Waals surface area contributed by atoms with Crippen molar-refractivity contribution in [2.24, 2.45) is 11.7 Å². The number of rotatable bonds is 6. The molecule has 2 aromatic carbocycles. The lowest BCUT2D eigenvalue weighted by atomic mass is 9.94. The summed E-state index contributed by atoms with van der Waals surface area (Å²) in [7, 11) is 1.77. The van der Waals surface area contributed by atoms with E-state index in [4.69, 9.17) is 15.7 Å². The van der Waals surface area contributed by atoms with Crippen LogP contribution in [0.2, 0.25) is 0 Å². The van der Waals surface area contributed by atoms with Crippen molar-refractivity contribution >= 4 is 5.69 Å². The van der Waals surface area contributed by atoms with Gasteiger partial charge in [0, 0.05) is 62.7 Å². The van der Waals surface area contributed by atoms with Gasteiger partial charge in [-0.1, -0.05) is 12.1 Å². The summed E-state index contributed by atoms with van der Waals surface area (Å²) in [5.74, 6) is 0.127. The topological polar surface area (TPSA) is 65.5 Å². The fraction of sp³-hybridized carbons (Fsp3) is 0.519. The molecule has 2 heterocycles. The number of ether oxygens (including phenoxy) is 1. The standard InChI is InChI=1S/C27H33FN4O/c1-33-17-19-7-10-31(11-8-19)26-5-2-20(16-32-18-27(30)9-6-23(32)14-27)12-24(26)21-3-4-22(15-29)25(28)13-21/h2-5,12-13,19,23H,6-11,14,16-18,30H2,1H3/t23-,27-/m0/s1. The van der Waals surface area contributed by atoms with Gasteiger partial charge in [0.2, 0.25) is 0 Å². The number of fused-ring (bicyclic) bond motifs is 2. The van der Waals surface area contributed by atoms with Gasteiger partial charge in [0.05, 0.1) is 5.56 Å². The van der Waals surface area contributed by atoms with Crippen molar-refractivity contribution in [3.63, 3.8) is 0 Å². The van der Waals surface area contributed by atoms with Crippen LogP contribution in [0.3, 0.4) is 0 Å². The number of hydrogen-bond donors (Lipinski definition) is 1. The molecule has 33 heavy (non-hydrogen) atoms. The van der Waals surface area contributed by atoms with E-state index in [0.29, 0.717) is 12.0 Å². The maximum atomic E-state index is 14.5. The van der Waals surface area contributed by atoms with Gasteiger partial charge in [-0.25, -0.2) is 4.39 Å². The first kappa shape index (κ1) is 22.3. The van der Waals surface area contributed by atoms with E-state index in [1.54, 1.807) is 13.2 Å². The van der Waals surface area contributed by atoms with Gasteiger partial charge in [-0.2, -0.15) is 5.26 Å². The molecule has 3 fully saturated rings. The van der Waals surface area contributed by atoms with Gasteiger partial charge in [0.15, 0.2) is 0 Å². The SMILES string of the molecule is COCC1CCN(c2ccc(CN3C[C@]4(N)CC[C@H]3C4)cc2-c2ccc(C#N)c(F)c2)CC1. The van der Waals surface area contributed by atoms with Gasteiger partial charge in [-0.05, 0) is 73.4 Å². The van der Waals surface area contributed by atoms with Crippen molar-refractivity contribution in [3.05, 3.63) is 53.3 Å². The highest BCUT2D eigenvalue weighted by molar-refractivity contribution is 5.80. The molecule has 3 aliphatic rings. The second kappa shape index (κ2) is 9.06. The van der Waals surface area contributed by atoms with Crippen LogP contribution in [-0.4, -0.2) is 49.8 Å². The summed E-state index contributed by atoms with van der Waals surface area (Å²) >= 11 is 0. The zero-order valence-corrected chi connectivity index (χ0v) is 19.4. The van der Waals surface area contributed by atoms with Gasteiger partial charge >= 0.3 is 0 Å². The molecule has 0 spiro atoms. The average Bonchev–Trinajstić information content (AvgIpc) is 3.35. The molecule has 2 aliphatic heterocycles. The molecule has 5 rings (SSSR count). The highest BCUT2D eigenvalue weighted by atomic mass is 19.1. The molecular formula is C27H33FN4O. The Morgan fingerprint density at radius 2 is 2.00 bits per heavy atom. The van der Waals surface area contributed by atoms with E-state index in [1.165, 1.54) is 18.1 Å². The average molecular weight is 449 g/mol. The summed E-state index contributed by atoms with van der Waals surface area (Å²) in [6.07, 6.45) is 5.57. The molecule has 0 radical (unpaired) electrons. The van der Waals surface area contributed by atoms with E-state index < -0.39 is 5.82 Å². The number of nitriles is 1. The maximum absolute atomic E-state index is 14.5. The molecule has 2 atom stereocenters. The Kier molecular flexibility index (Phi) is 6.13. The largest absolute Gasteiger partial charge is 0.384 e. The van der Waals surface area contributed by atoms with Crippen molar-refractivity contribution in [3.8, 4) is 17.2 Å². The first-order valence-electron chi connectivity index (χ1n) is 12.1. The number of benzene rings is 2. The number of hydrogen-bond acceptors (Lipinski definition) is 5. The van der Waals surface area contributed by atoms with Gasteiger partial charge in [0.25, 0.3) is 0 Å². The molecule has 0 unspecified atom stereocenters. The fourth-order valence-corrected chi connectivity index (χ4v) is 6.07. The van der Waals surface area contributed by atoms with Crippen LogP contribution >= 0.6 is 0 Å². The van der Waals surface area contributed by atoms with Crippen molar-refractivity contribution in [1.82, 2.24) is 4.90 Å². The third-order valence-electron chi connectivity index (χ3n) is 7.86. The minimum atomic E-state index is -0.466. The molecule has 0 amide bonds. The van der Waals surface area contributed by atoms with E-state index in [1.807, 2.05) is 12.1 Å². The van der Waals surface area contributed by atoms with Crippen LogP contribution in [0.1, 0.15) is 43.2 Å². The number of likely N-dealkylation sites (tertiary alicyclic amines) is 1. The van der Waals surface area contributed by atoms with Gasteiger partial charge in [0.1, 0.15) is 11.9 Å². The fourth-order valence-electron chi connectivity index (χ4n) is 6.07. The Morgan fingerprint density at radius 3 is 2.64 bits per heavy atom. The molecule has 174 valence electrons. The Labute approximate surface area is 195 Å². The lowest BCUT2D eigenvalue weighted by Gasteiger charge is -2.35. The third-order valence-corrected chi connectivity index (χ3v) is 7.86. The maximum Gasteiger partial charge on any atom is 0.141 e. The van der Waals surface area contributed by atoms with Crippen molar-refractivity contribution in [2.75, 3.05) is 38.3 Å². The molecule has 0 aromatic heterocycles. The Balaban J connectivity index is 1.44. The Hall–Kier alpha value is -2.46. The number of halogens is 1. The van der Waals surface area contributed by atoms with Gasteiger partial charge in [-0.15, -0.1) is 0 Å². The van der Waals surface area contributed by atoms with Crippen molar-refractivity contribution in [1.29, 1.82) is 5.26 Å². The summed E-state index contributed by atoms with van der Waals surface area (Å²) < 4.78 is 19.9. The van der Waals surface area contributed by atoms with E-state index in [2.05, 4.69) is 28.0 Å². The summed E-state index contributed by atoms with van der Waals surface area (Å²) in [4.78, 5) is 4.92. The normalized spacial score (nSPS) is 25.5. The summed E-state index contributed by atoms with van der Waals surface area (Å²) in [5, 5.41) is 9.16. The predicted octanol–water partition coefficient (Wildman–Crippen LogP) is 4.29. The van der Waals surface area contributed by atoms with Crippen LogP contribution in [0, 0.1) is 23.1 Å². The number of nitrogens with two attached hydrogens (primary N) is 1. The molecular weight excluding hydrogens is 415 g/mol. The minimum absolute atomic E-state index is 0.0176.